The molecule has 2 aliphatic rings. The number of amides is 3. The molecule has 3 amide bonds. The summed E-state index contributed by atoms with van der Waals surface area (Å²) in [6, 6.07) is 16.1. The zero-order valence-corrected chi connectivity index (χ0v) is 20.8. The van der Waals surface area contributed by atoms with Crippen molar-refractivity contribution in [3.63, 3.8) is 0 Å². The van der Waals surface area contributed by atoms with Crippen LogP contribution in [-0.4, -0.2) is 73.8 Å². The molecule has 0 saturated carbocycles. The van der Waals surface area contributed by atoms with E-state index in [1.165, 1.54) is 19.1 Å². The van der Waals surface area contributed by atoms with Gasteiger partial charge < -0.3 is 14.4 Å². The molecule has 2 atom stereocenters. The van der Waals surface area contributed by atoms with E-state index < -0.39 is 11.3 Å². The number of piperidine rings is 1. The number of likely N-dealkylation sites (tertiary alicyclic amines) is 2. The highest BCUT2D eigenvalue weighted by Gasteiger charge is 2.55. The standard InChI is InChI=1S/C28H32N2O6/c1-35-16-15-30-25(32)18-28(27(30)34,22-12-6-7-13-23(22)36-2)17-24(31)29-14-8-11-21(19-29)26(33)20-9-4-3-5-10-20/h3-7,9-10,12-13,21H,8,11,14-19H2,1-2H3. The Morgan fingerprint density at radius 2 is 1.75 bits per heavy atom. The van der Waals surface area contributed by atoms with Crippen LogP contribution < -0.4 is 4.74 Å². The average Bonchev–Trinajstić information content (AvgIpc) is 3.16. The number of methoxy groups -OCH3 is 2. The van der Waals surface area contributed by atoms with Crippen molar-refractivity contribution in [3.8, 4) is 5.75 Å². The number of ether oxygens (including phenoxy) is 2. The number of benzene rings is 2. The van der Waals surface area contributed by atoms with Crippen LogP contribution >= 0.6 is 0 Å². The molecule has 0 spiro atoms. The first kappa shape index (κ1) is 25.6. The van der Waals surface area contributed by atoms with E-state index in [4.69, 9.17) is 9.47 Å². The molecule has 0 bridgehead atoms. The van der Waals surface area contributed by atoms with E-state index in [9.17, 15) is 19.2 Å². The maximum Gasteiger partial charge on any atom is 0.241 e. The molecule has 0 radical (unpaired) electrons. The molecule has 2 aromatic rings. The molecule has 2 unspecified atom stereocenters. The lowest BCUT2D eigenvalue weighted by atomic mass is 9.75. The predicted molar refractivity (Wildman–Crippen MR) is 133 cm³/mol. The van der Waals surface area contributed by atoms with Crippen molar-refractivity contribution >= 4 is 23.5 Å². The molecule has 2 fully saturated rings. The minimum absolute atomic E-state index is 0.0189. The smallest absolute Gasteiger partial charge is 0.241 e. The van der Waals surface area contributed by atoms with Gasteiger partial charge in [-0.3, -0.25) is 24.1 Å². The molecule has 2 saturated heterocycles. The number of nitrogens with zero attached hydrogens (tertiary/aromatic N) is 2. The summed E-state index contributed by atoms with van der Waals surface area (Å²) in [6.07, 6.45) is 1.11. The van der Waals surface area contributed by atoms with E-state index in [0.29, 0.717) is 42.8 Å². The minimum Gasteiger partial charge on any atom is -0.496 e. The summed E-state index contributed by atoms with van der Waals surface area (Å²) in [4.78, 5) is 56.3. The van der Waals surface area contributed by atoms with Gasteiger partial charge in [-0.25, -0.2) is 0 Å². The zero-order valence-electron chi connectivity index (χ0n) is 20.8. The number of carbonyl (C=O) groups excluding carboxylic acids is 4. The molecule has 36 heavy (non-hydrogen) atoms. The Balaban J connectivity index is 1.61. The Morgan fingerprint density at radius 1 is 1.03 bits per heavy atom. The van der Waals surface area contributed by atoms with Gasteiger partial charge in [0.1, 0.15) is 5.75 Å². The fraction of sp³-hybridized carbons (Fsp3) is 0.429. The first-order valence-corrected chi connectivity index (χ1v) is 12.3. The summed E-state index contributed by atoms with van der Waals surface area (Å²) in [6.45, 7) is 1.14. The van der Waals surface area contributed by atoms with E-state index in [2.05, 4.69) is 0 Å². The highest BCUT2D eigenvalue weighted by molar-refractivity contribution is 6.11. The highest BCUT2D eigenvalue weighted by atomic mass is 16.5. The van der Waals surface area contributed by atoms with Gasteiger partial charge in [0.2, 0.25) is 17.7 Å². The van der Waals surface area contributed by atoms with Gasteiger partial charge in [0.25, 0.3) is 0 Å². The lowest BCUT2D eigenvalue weighted by Gasteiger charge is -2.35. The lowest BCUT2D eigenvalue weighted by Crippen LogP contribution is -2.47. The minimum atomic E-state index is -1.37. The summed E-state index contributed by atoms with van der Waals surface area (Å²) in [7, 11) is 3.01. The van der Waals surface area contributed by atoms with Crippen molar-refractivity contribution in [2.24, 2.45) is 5.92 Å². The second kappa shape index (κ2) is 11.0. The van der Waals surface area contributed by atoms with Crippen molar-refractivity contribution < 1.29 is 28.7 Å². The normalized spacial score (nSPS) is 22.1. The van der Waals surface area contributed by atoms with Crippen LogP contribution in [0.15, 0.2) is 54.6 Å². The Hall–Kier alpha value is -3.52. The quantitative estimate of drug-likeness (QED) is 0.395. The second-order valence-corrected chi connectivity index (χ2v) is 9.39. The van der Waals surface area contributed by atoms with Crippen molar-refractivity contribution in [2.45, 2.75) is 31.1 Å². The van der Waals surface area contributed by atoms with Crippen molar-refractivity contribution in [1.29, 1.82) is 0 Å². The molecule has 2 aromatic carbocycles. The van der Waals surface area contributed by atoms with Crippen LogP contribution in [0.5, 0.6) is 5.75 Å². The molecule has 4 rings (SSSR count). The van der Waals surface area contributed by atoms with Crippen LogP contribution in [0, 0.1) is 5.92 Å². The fourth-order valence-electron chi connectivity index (χ4n) is 5.32. The second-order valence-electron chi connectivity index (χ2n) is 9.39. The molecule has 0 aromatic heterocycles. The number of para-hydroxylation sites is 1. The molecular formula is C28H32N2O6. The topological polar surface area (TPSA) is 93.2 Å². The molecule has 8 heteroatoms. The maximum atomic E-state index is 13.8. The third kappa shape index (κ3) is 4.91. The van der Waals surface area contributed by atoms with Crippen LogP contribution in [0.25, 0.3) is 0 Å². The maximum absolute atomic E-state index is 13.8. The first-order chi connectivity index (χ1) is 17.4. The van der Waals surface area contributed by atoms with E-state index in [1.54, 1.807) is 41.3 Å². The number of hydrogen-bond acceptors (Lipinski definition) is 6. The number of ketones is 1. The van der Waals surface area contributed by atoms with Gasteiger partial charge >= 0.3 is 0 Å². The Bertz CT molecular complexity index is 1130. The molecular weight excluding hydrogens is 460 g/mol. The van der Waals surface area contributed by atoms with Crippen LogP contribution in [0.4, 0.5) is 0 Å². The van der Waals surface area contributed by atoms with Gasteiger partial charge in [-0.1, -0.05) is 48.5 Å². The molecule has 2 heterocycles. The monoisotopic (exact) mass is 492 g/mol. The SMILES string of the molecule is COCCN1C(=O)CC(CC(=O)N2CCCC(C(=O)c3ccccc3)C2)(c2ccccc2OC)C1=O. The van der Waals surface area contributed by atoms with E-state index in [1.807, 2.05) is 18.2 Å². The molecule has 190 valence electrons. The van der Waals surface area contributed by atoms with Crippen molar-refractivity contribution in [3.05, 3.63) is 65.7 Å². The van der Waals surface area contributed by atoms with Gasteiger partial charge in [0.15, 0.2) is 5.78 Å². The van der Waals surface area contributed by atoms with Crippen LogP contribution in [0.1, 0.15) is 41.6 Å². The molecule has 2 aliphatic heterocycles. The van der Waals surface area contributed by atoms with Gasteiger partial charge in [0.05, 0.1) is 25.7 Å². The Labute approximate surface area is 211 Å². The summed E-state index contributed by atoms with van der Waals surface area (Å²) in [5.74, 6) is -0.836. The van der Waals surface area contributed by atoms with Gasteiger partial charge in [-0.15, -0.1) is 0 Å². The molecule has 8 nitrogen and oxygen atoms in total. The van der Waals surface area contributed by atoms with Gasteiger partial charge in [-0.2, -0.15) is 0 Å². The molecule has 0 N–H and O–H groups in total. The number of imide groups is 1. The van der Waals surface area contributed by atoms with Crippen molar-refractivity contribution in [2.75, 3.05) is 40.5 Å². The van der Waals surface area contributed by atoms with E-state index in [-0.39, 0.29) is 49.5 Å². The summed E-state index contributed by atoms with van der Waals surface area (Å²) in [5, 5.41) is 0. The van der Waals surface area contributed by atoms with Crippen LogP contribution in [0.2, 0.25) is 0 Å². The first-order valence-electron chi connectivity index (χ1n) is 12.3. The summed E-state index contributed by atoms with van der Waals surface area (Å²) < 4.78 is 10.6. The van der Waals surface area contributed by atoms with Crippen LogP contribution in [0.3, 0.4) is 0 Å². The third-order valence-corrected chi connectivity index (χ3v) is 7.21. The Kier molecular flexibility index (Phi) is 7.84. The molecule has 0 aliphatic carbocycles. The predicted octanol–water partition coefficient (Wildman–Crippen LogP) is 2.85. The summed E-state index contributed by atoms with van der Waals surface area (Å²) in [5.41, 5.74) is -0.217. The summed E-state index contributed by atoms with van der Waals surface area (Å²) >= 11 is 0. The number of carbonyl (C=O) groups is 4. The number of hydrogen-bond donors (Lipinski definition) is 0. The van der Waals surface area contributed by atoms with Crippen LogP contribution in [-0.2, 0) is 24.5 Å². The van der Waals surface area contributed by atoms with Gasteiger partial charge in [-0.05, 0) is 18.9 Å². The van der Waals surface area contributed by atoms with E-state index in [0.717, 1.165) is 0 Å². The largest absolute Gasteiger partial charge is 0.496 e. The third-order valence-electron chi connectivity index (χ3n) is 7.21. The van der Waals surface area contributed by atoms with Crippen molar-refractivity contribution in [1.82, 2.24) is 9.80 Å². The lowest BCUT2D eigenvalue weighted by molar-refractivity contribution is -0.143. The van der Waals surface area contributed by atoms with Gasteiger partial charge in [0, 0.05) is 50.1 Å². The fourth-order valence-corrected chi connectivity index (χ4v) is 5.32. The zero-order chi connectivity index (χ0) is 25.7. The Morgan fingerprint density at radius 3 is 2.47 bits per heavy atom. The average molecular weight is 493 g/mol. The number of rotatable bonds is 9. The number of Topliss-reactive ketones (excluding diaryl/α,β-unsaturated/α-hetero) is 1. The van der Waals surface area contributed by atoms with E-state index >= 15 is 0 Å². The highest BCUT2D eigenvalue weighted by Crippen LogP contribution is 2.44.